The van der Waals surface area contributed by atoms with Crippen LogP contribution in [0.15, 0.2) is 0 Å². The lowest BCUT2D eigenvalue weighted by molar-refractivity contribution is -0.158. The van der Waals surface area contributed by atoms with Gasteiger partial charge in [0.05, 0.1) is 0 Å². The number of rotatable bonds is 40. The Bertz CT molecular complexity index is 809. The van der Waals surface area contributed by atoms with Crippen LogP contribution in [0.25, 0.3) is 0 Å². The Balaban J connectivity index is -0.0000135. The van der Waals surface area contributed by atoms with Crippen molar-refractivity contribution < 1.29 is 19.1 Å². The lowest BCUT2D eigenvalue weighted by Gasteiger charge is -2.39. The van der Waals surface area contributed by atoms with E-state index < -0.39 is 24.3 Å². The van der Waals surface area contributed by atoms with Crippen LogP contribution in [-0.2, 0) is 9.47 Å². The topological polar surface area (TPSA) is 106 Å². The fraction of sp³-hybridized carbons (Fsp3) is 0.956. The van der Waals surface area contributed by atoms with Crippen molar-refractivity contribution in [1.82, 2.24) is 15.5 Å². The molecule has 0 aromatic rings. The van der Waals surface area contributed by atoms with E-state index in [0.29, 0.717) is 19.6 Å². The molecule has 0 aliphatic rings. The largest absolute Gasteiger partial charge is 0.430 e. The van der Waals surface area contributed by atoms with Crippen molar-refractivity contribution in [1.29, 1.82) is 0 Å². The summed E-state index contributed by atoms with van der Waals surface area (Å²) >= 11 is 0. The van der Waals surface area contributed by atoms with E-state index in [1.165, 1.54) is 180 Å². The van der Waals surface area contributed by atoms with Crippen molar-refractivity contribution in [3.05, 3.63) is 0 Å². The summed E-state index contributed by atoms with van der Waals surface area (Å²) in [6.45, 7) is 11.7. The van der Waals surface area contributed by atoms with Crippen molar-refractivity contribution in [2.24, 2.45) is 5.73 Å². The van der Waals surface area contributed by atoms with Gasteiger partial charge in [0, 0.05) is 26.6 Å². The minimum Gasteiger partial charge on any atom is -0.430 e. The van der Waals surface area contributed by atoms with Crippen molar-refractivity contribution in [3.63, 3.8) is 0 Å². The molecule has 0 aromatic carbocycles. The zero-order valence-corrected chi connectivity index (χ0v) is 38.6. The highest BCUT2D eigenvalue weighted by Gasteiger charge is 2.36. The predicted molar refractivity (Wildman–Crippen MR) is 242 cm³/mol. The number of hydrogen-bond donors (Lipinski definition) is 3. The average Bonchev–Trinajstić information content (AvgIpc) is 3.12. The first-order chi connectivity index (χ1) is 25.8. The molecular weight excluding hydrogens is 731 g/mol. The Hall–Kier alpha value is -0.960. The van der Waals surface area contributed by atoms with Crippen molar-refractivity contribution >= 4 is 37.0 Å². The first-order valence-corrected chi connectivity index (χ1v) is 23.2. The lowest BCUT2D eigenvalue weighted by Crippen LogP contribution is -2.61. The molecule has 0 saturated heterocycles. The van der Waals surface area contributed by atoms with Crippen LogP contribution in [0.2, 0.25) is 0 Å². The third kappa shape index (κ3) is 39.6. The van der Waals surface area contributed by atoms with Crippen molar-refractivity contribution in [2.45, 2.75) is 259 Å². The third-order valence-electron chi connectivity index (χ3n) is 10.6. The minimum absolute atomic E-state index is 0. The summed E-state index contributed by atoms with van der Waals surface area (Å²) < 4.78 is 11.3. The van der Waals surface area contributed by atoms with Crippen LogP contribution < -0.4 is 16.4 Å². The van der Waals surface area contributed by atoms with Gasteiger partial charge in [0.2, 0.25) is 5.85 Å². The number of nitrogens with one attached hydrogen (secondary N) is 2. The highest BCUT2D eigenvalue weighted by molar-refractivity contribution is 5.85. The first-order valence-electron chi connectivity index (χ1n) is 23.2. The van der Waals surface area contributed by atoms with E-state index >= 15 is 0 Å². The maximum absolute atomic E-state index is 12.6. The number of amides is 2. The summed E-state index contributed by atoms with van der Waals surface area (Å²) in [4.78, 5) is 26.8. The summed E-state index contributed by atoms with van der Waals surface area (Å²) in [7, 11) is 0. The molecule has 10 heteroatoms. The number of nitrogens with zero attached hydrogens (tertiary/aromatic N) is 1. The van der Waals surface area contributed by atoms with Gasteiger partial charge < -0.3 is 20.1 Å². The average molecular weight is 826 g/mol. The molecule has 0 radical (unpaired) electrons. The van der Waals surface area contributed by atoms with Crippen LogP contribution in [0.1, 0.15) is 247 Å². The fourth-order valence-electron chi connectivity index (χ4n) is 7.28. The fourth-order valence-corrected chi connectivity index (χ4v) is 7.28. The second kappa shape index (κ2) is 44.1. The van der Waals surface area contributed by atoms with Gasteiger partial charge in [-0.1, -0.05) is 213 Å². The van der Waals surface area contributed by atoms with Gasteiger partial charge in [-0.15, -0.1) is 24.8 Å². The number of nitrogens with two attached hydrogens (primary N) is 1. The molecule has 2 amide bonds. The predicted octanol–water partition coefficient (Wildman–Crippen LogP) is 14.5. The third-order valence-corrected chi connectivity index (χ3v) is 10.6. The van der Waals surface area contributed by atoms with Gasteiger partial charge in [-0.2, -0.15) is 0 Å². The van der Waals surface area contributed by atoms with Gasteiger partial charge in [-0.25, -0.2) is 14.5 Å². The summed E-state index contributed by atoms with van der Waals surface area (Å²) in [5.74, 6) is -1.41. The number of hydrogen-bond acceptors (Lipinski definition) is 6. The quantitative estimate of drug-likeness (QED) is 0.0420. The van der Waals surface area contributed by atoms with Crippen molar-refractivity contribution in [3.8, 4) is 0 Å². The van der Waals surface area contributed by atoms with E-state index in [1.54, 1.807) is 18.7 Å². The molecule has 0 aliphatic heterocycles. The van der Waals surface area contributed by atoms with Gasteiger partial charge in [0.25, 0.3) is 0 Å². The van der Waals surface area contributed by atoms with E-state index in [2.05, 4.69) is 24.5 Å². The number of carbonyl (C=O) groups excluding carboxylic acids is 2. The maximum atomic E-state index is 12.6. The molecule has 0 bridgehead atoms. The van der Waals surface area contributed by atoms with E-state index in [0.717, 1.165) is 32.1 Å². The van der Waals surface area contributed by atoms with Gasteiger partial charge in [-0.05, 0) is 26.2 Å². The Labute approximate surface area is 354 Å². The van der Waals surface area contributed by atoms with Gasteiger partial charge in [0.15, 0.2) is 6.23 Å². The van der Waals surface area contributed by atoms with E-state index in [4.69, 9.17) is 15.2 Å². The molecule has 0 fully saturated rings. The smallest absolute Gasteiger partial charge is 0.409 e. The zero-order chi connectivity index (χ0) is 39.1. The Morgan fingerprint density at radius 1 is 0.491 bits per heavy atom. The second-order valence-corrected chi connectivity index (χ2v) is 16.1. The molecule has 0 saturated carbocycles. The molecule has 4 N–H and O–H groups in total. The van der Waals surface area contributed by atoms with Crippen LogP contribution in [0.4, 0.5) is 9.59 Å². The van der Waals surface area contributed by atoms with Gasteiger partial charge in [-0.3, -0.25) is 5.73 Å². The van der Waals surface area contributed by atoms with E-state index in [1.807, 2.05) is 6.92 Å². The van der Waals surface area contributed by atoms with Crippen LogP contribution in [-0.4, -0.2) is 48.8 Å². The molecule has 332 valence electrons. The molecule has 8 nitrogen and oxygen atoms in total. The first kappa shape index (κ1) is 58.4. The molecule has 0 spiro atoms. The summed E-state index contributed by atoms with van der Waals surface area (Å²) in [6.07, 6.45) is 41.4. The molecule has 0 aliphatic carbocycles. The van der Waals surface area contributed by atoms with E-state index in [-0.39, 0.29) is 24.8 Å². The number of carbonyl (C=O) groups is 2. The molecule has 2 atom stereocenters. The highest BCUT2D eigenvalue weighted by atomic mass is 35.5. The van der Waals surface area contributed by atoms with Crippen LogP contribution in [0.5, 0.6) is 0 Å². The summed E-state index contributed by atoms with van der Waals surface area (Å²) in [5, 5.41) is 5.73. The molecule has 0 rings (SSSR count). The highest BCUT2D eigenvalue weighted by Crippen LogP contribution is 2.18. The summed E-state index contributed by atoms with van der Waals surface area (Å²) in [6, 6.07) is 0. The number of halogens is 2. The SMILES string of the molecule is CCCCCCCCCCCCCCCCCCNC(=O)OC(C)N(CCC)C(C)(N)OC(=O)NCCCCCCCCCCCCCCCCCC.Cl.Cl. The lowest BCUT2D eigenvalue weighted by atomic mass is 10.0. The number of alkyl carbamates (subject to hydrolysis) is 2. The number of unbranched alkanes of at least 4 members (excludes halogenated alkanes) is 30. The van der Waals surface area contributed by atoms with Crippen LogP contribution >= 0.6 is 24.8 Å². The van der Waals surface area contributed by atoms with Crippen LogP contribution in [0.3, 0.4) is 0 Å². The molecule has 0 aromatic heterocycles. The Kier molecular flexibility index (Phi) is 46.8. The molecule has 55 heavy (non-hydrogen) atoms. The van der Waals surface area contributed by atoms with Crippen LogP contribution in [0, 0.1) is 0 Å². The normalized spacial score (nSPS) is 12.7. The van der Waals surface area contributed by atoms with Gasteiger partial charge in [0.1, 0.15) is 0 Å². The second-order valence-electron chi connectivity index (χ2n) is 16.1. The van der Waals surface area contributed by atoms with E-state index in [9.17, 15) is 9.59 Å². The zero-order valence-electron chi connectivity index (χ0n) is 37.0. The monoisotopic (exact) mass is 825 g/mol. The Morgan fingerprint density at radius 2 is 0.764 bits per heavy atom. The number of ether oxygens (including phenoxy) is 2. The van der Waals surface area contributed by atoms with Crippen molar-refractivity contribution in [2.75, 3.05) is 19.6 Å². The maximum Gasteiger partial charge on any atom is 0.409 e. The van der Waals surface area contributed by atoms with Gasteiger partial charge >= 0.3 is 12.2 Å². The molecule has 2 unspecified atom stereocenters. The molecule has 0 heterocycles. The standard InChI is InChI=1S/C45H92N4O4.2ClH/c1-6-9-11-13-15-17-19-21-23-25-27-29-31-33-35-37-39-47-43(50)52-42(4)49(41-8-3)45(5,46)53-44(51)48-40-38-36-34-32-30-28-26-24-22-20-18-16-14-12-10-7-2;;/h42H,6-41,46H2,1-5H3,(H,47,50)(H,48,51);2*1H. The summed E-state index contributed by atoms with van der Waals surface area (Å²) in [5.41, 5.74) is 6.47. The minimum atomic E-state index is -1.41. The molecular formula is C45H94Cl2N4O4. The Morgan fingerprint density at radius 3 is 1.05 bits per heavy atom.